The molecule has 0 atom stereocenters. The van der Waals surface area contributed by atoms with Crippen LogP contribution in [0.1, 0.15) is 0 Å². The van der Waals surface area contributed by atoms with Crippen molar-refractivity contribution >= 4 is 11.2 Å². The van der Waals surface area contributed by atoms with Gasteiger partial charge in [0.05, 0.1) is 11.8 Å². The minimum absolute atomic E-state index is 0.0374. The highest BCUT2D eigenvalue weighted by atomic mass is 16.1. The molecule has 4 nitrogen and oxygen atoms in total. The van der Waals surface area contributed by atoms with Crippen LogP contribution in [0.5, 0.6) is 0 Å². The molecule has 2 aromatic rings. The van der Waals surface area contributed by atoms with Gasteiger partial charge in [0.1, 0.15) is 0 Å². The van der Waals surface area contributed by atoms with E-state index < -0.39 is 0 Å². The molecule has 2 aromatic heterocycles. The van der Waals surface area contributed by atoms with Crippen molar-refractivity contribution in [2.45, 2.75) is 0 Å². The molecule has 56 valence electrons. The van der Waals surface area contributed by atoms with Crippen LogP contribution in [0, 0.1) is 0 Å². The maximum atomic E-state index is 11.0. The first-order valence-electron chi connectivity index (χ1n) is 3.28. The second-order valence-corrected chi connectivity index (χ2v) is 2.37. The third-order valence-electron chi connectivity index (χ3n) is 1.69. The predicted octanol–water partition coefficient (Wildman–Crippen LogP) is 0.262. The molecule has 0 saturated carbocycles. The molecule has 2 rings (SSSR count). The van der Waals surface area contributed by atoms with E-state index in [2.05, 4.69) is 9.97 Å². The average Bonchev–Trinajstić information content (AvgIpc) is 2.45. The van der Waals surface area contributed by atoms with Crippen LogP contribution in [0.25, 0.3) is 11.2 Å². The lowest BCUT2D eigenvalue weighted by Gasteiger charge is -1.94. The lowest BCUT2D eigenvalue weighted by atomic mass is 10.4. The zero-order valence-electron chi connectivity index (χ0n) is 6.03. The molecular weight excluding hydrogens is 142 g/mol. The maximum Gasteiger partial charge on any atom is 0.252 e. The number of nitrogens with zero attached hydrogens (tertiary/aromatic N) is 2. The lowest BCUT2D eigenvalue weighted by Crippen LogP contribution is -2.14. The van der Waals surface area contributed by atoms with E-state index in [4.69, 9.17) is 0 Å². The number of aromatic nitrogens is 3. The van der Waals surface area contributed by atoms with E-state index >= 15 is 0 Å². The van der Waals surface area contributed by atoms with Crippen LogP contribution in [-0.4, -0.2) is 14.5 Å². The molecule has 11 heavy (non-hydrogen) atoms. The number of fused-ring (bicyclic) bond motifs is 1. The Kier molecular flexibility index (Phi) is 1.09. The minimum Gasteiger partial charge on any atom is -0.343 e. The van der Waals surface area contributed by atoms with Crippen LogP contribution >= 0.6 is 0 Å². The van der Waals surface area contributed by atoms with Crippen molar-refractivity contribution < 1.29 is 0 Å². The summed E-state index contributed by atoms with van der Waals surface area (Å²) in [6.45, 7) is 0. The fourth-order valence-electron chi connectivity index (χ4n) is 1.06. The van der Waals surface area contributed by atoms with E-state index in [9.17, 15) is 4.79 Å². The zero-order valence-corrected chi connectivity index (χ0v) is 6.03. The Morgan fingerprint density at radius 2 is 2.36 bits per heavy atom. The molecule has 0 fully saturated rings. The largest absolute Gasteiger partial charge is 0.343 e. The lowest BCUT2D eigenvalue weighted by molar-refractivity contribution is 0.892. The Hall–Kier alpha value is -1.58. The predicted molar refractivity (Wildman–Crippen MR) is 41.3 cm³/mol. The van der Waals surface area contributed by atoms with E-state index in [1.54, 1.807) is 19.4 Å². The van der Waals surface area contributed by atoms with Crippen LogP contribution in [0.2, 0.25) is 0 Å². The molecule has 1 N–H and O–H groups in total. The Bertz CT molecular complexity index is 440. The van der Waals surface area contributed by atoms with E-state index in [0.717, 1.165) is 5.52 Å². The first-order valence-corrected chi connectivity index (χ1v) is 3.28. The second kappa shape index (κ2) is 1.95. The van der Waals surface area contributed by atoms with Gasteiger partial charge in [-0.3, -0.25) is 9.36 Å². The summed E-state index contributed by atoms with van der Waals surface area (Å²) in [6.07, 6.45) is 1.57. The number of imidazole rings is 1. The zero-order chi connectivity index (χ0) is 7.84. The van der Waals surface area contributed by atoms with E-state index in [1.165, 1.54) is 10.6 Å². The summed E-state index contributed by atoms with van der Waals surface area (Å²) in [5.74, 6) is 0. The van der Waals surface area contributed by atoms with Crippen molar-refractivity contribution in [2.75, 3.05) is 0 Å². The van der Waals surface area contributed by atoms with Gasteiger partial charge in [-0.1, -0.05) is 0 Å². The molecule has 0 aliphatic rings. The van der Waals surface area contributed by atoms with Crippen LogP contribution in [0.3, 0.4) is 0 Å². The summed E-state index contributed by atoms with van der Waals surface area (Å²) in [4.78, 5) is 17.9. The molecule has 4 heteroatoms. The van der Waals surface area contributed by atoms with Gasteiger partial charge in [0, 0.05) is 13.1 Å². The number of aryl methyl sites for hydroxylation is 1. The number of rotatable bonds is 0. The molecule has 0 saturated heterocycles. The SMILES string of the molecule is Cn1c(=O)ccc2[nH]cnc21. The average molecular weight is 149 g/mol. The van der Waals surface area contributed by atoms with Gasteiger partial charge >= 0.3 is 0 Å². The number of nitrogens with one attached hydrogen (secondary N) is 1. The standard InChI is InChI=1S/C7H7N3O/c1-10-6(11)3-2-5-7(10)9-4-8-5/h2-4H,1H3,(H,8,9). The Balaban J connectivity index is 3.04. The van der Waals surface area contributed by atoms with Crippen LogP contribution in [0.4, 0.5) is 0 Å². The number of pyridine rings is 1. The summed E-state index contributed by atoms with van der Waals surface area (Å²) >= 11 is 0. The third-order valence-corrected chi connectivity index (χ3v) is 1.69. The van der Waals surface area contributed by atoms with Gasteiger partial charge in [0.25, 0.3) is 5.56 Å². The fourth-order valence-corrected chi connectivity index (χ4v) is 1.06. The summed E-state index contributed by atoms with van der Waals surface area (Å²) in [7, 11) is 1.70. The molecule has 0 unspecified atom stereocenters. The van der Waals surface area contributed by atoms with Gasteiger partial charge in [-0.05, 0) is 6.07 Å². The van der Waals surface area contributed by atoms with Crippen molar-refractivity contribution in [3.05, 3.63) is 28.8 Å². The van der Waals surface area contributed by atoms with Gasteiger partial charge in [-0.2, -0.15) is 0 Å². The maximum absolute atomic E-state index is 11.0. The molecule has 0 bridgehead atoms. The molecular formula is C7H7N3O. The van der Waals surface area contributed by atoms with Gasteiger partial charge in [0.2, 0.25) is 0 Å². The van der Waals surface area contributed by atoms with Crippen LogP contribution in [0.15, 0.2) is 23.3 Å². The summed E-state index contributed by atoms with van der Waals surface area (Å²) in [6, 6.07) is 3.24. The highest BCUT2D eigenvalue weighted by Crippen LogP contribution is 2.02. The van der Waals surface area contributed by atoms with Crippen molar-refractivity contribution in [1.29, 1.82) is 0 Å². The van der Waals surface area contributed by atoms with Crippen molar-refractivity contribution in [2.24, 2.45) is 7.05 Å². The molecule has 0 radical (unpaired) electrons. The second-order valence-electron chi connectivity index (χ2n) is 2.37. The number of aromatic amines is 1. The Morgan fingerprint density at radius 1 is 1.55 bits per heavy atom. The first kappa shape index (κ1) is 6.15. The number of hydrogen-bond acceptors (Lipinski definition) is 2. The number of hydrogen-bond donors (Lipinski definition) is 1. The van der Waals surface area contributed by atoms with Gasteiger partial charge < -0.3 is 4.98 Å². The highest BCUT2D eigenvalue weighted by Gasteiger charge is 1.98. The smallest absolute Gasteiger partial charge is 0.252 e. The van der Waals surface area contributed by atoms with Gasteiger partial charge in [0.15, 0.2) is 5.65 Å². The Morgan fingerprint density at radius 3 is 3.18 bits per heavy atom. The molecule has 0 aromatic carbocycles. The van der Waals surface area contributed by atoms with Crippen LogP contribution < -0.4 is 5.56 Å². The quantitative estimate of drug-likeness (QED) is 0.584. The van der Waals surface area contributed by atoms with Crippen molar-refractivity contribution in [3.63, 3.8) is 0 Å². The van der Waals surface area contributed by atoms with E-state index in [0.29, 0.717) is 5.65 Å². The van der Waals surface area contributed by atoms with Gasteiger partial charge in [-0.15, -0.1) is 0 Å². The normalized spacial score (nSPS) is 10.6. The van der Waals surface area contributed by atoms with Crippen molar-refractivity contribution in [1.82, 2.24) is 14.5 Å². The molecule has 0 aliphatic heterocycles. The highest BCUT2D eigenvalue weighted by molar-refractivity contribution is 5.69. The summed E-state index contributed by atoms with van der Waals surface area (Å²) in [5, 5.41) is 0. The van der Waals surface area contributed by atoms with Gasteiger partial charge in [-0.25, -0.2) is 4.98 Å². The summed E-state index contributed by atoms with van der Waals surface area (Å²) in [5.41, 5.74) is 1.54. The monoisotopic (exact) mass is 149 g/mol. The molecule has 0 aliphatic carbocycles. The molecule has 2 heterocycles. The fraction of sp³-hybridized carbons (Fsp3) is 0.143. The van der Waals surface area contributed by atoms with Crippen molar-refractivity contribution in [3.8, 4) is 0 Å². The van der Waals surface area contributed by atoms with Crippen LogP contribution in [-0.2, 0) is 7.05 Å². The third kappa shape index (κ3) is 0.756. The molecule has 0 amide bonds. The van der Waals surface area contributed by atoms with E-state index in [1.807, 2.05) is 0 Å². The summed E-state index contributed by atoms with van der Waals surface area (Å²) < 4.78 is 1.51. The minimum atomic E-state index is -0.0374. The first-order chi connectivity index (χ1) is 5.29. The topological polar surface area (TPSA) is 50.7 Å². The molecule has 0 spiro atoms. The Labute approximate surface area is 62.5 Å². The number of H-pyrrole nitrogens is 1. The van der Waals surface area contributed by atoms with E-state index in [-0.39, 0.29) is 5.56 Å².